The topological polar surface area (TPSA) is 61.4 Å². The van der Waals surface area contributed by atoms with Crippen LogP contribution in [-0.2, 0) is 0 Å². The van der Waals surface area contributed by atoms with Crippen molar-refractivity contribution in [2.75, 3.05) is 23.3 Å². The predicted molar refractivity (Wildman–Crippen MR) is 119 cm³/mol. The Kier molecular flexibility index (Phi) is 6.57. The minimum absolute atomic E-state index is 0.0440. The van der Waals surface area contributed by atoms with Crippen molar-refractivity contribution < 1.29 is 9.59 Å². The molecule has 2 amide bonds. The zero-order valence-corrected chi connectivity index (χ0v) is 17.8. The van der Waals surface area contributed by atoms with Gasteiger partial charge in [-0.3, -0.25) is 9.59 Å². The molecular formula is C24H31N3O2. The first-order valence-corrected chi connectivity index (χ1v) is 10.4. The van der Waals surface area contributed by atoms with Crippen LogP contribution in [0, 0.1) is 12.8 Å². The van der Waals surface area contributed by atoms with Gasteiger partial charge in [-0.05, 0) is 69.9 Å². The maximum absolute atomic E-state index is 12.9. The van der Waals surface area contributed by atoms with E-state index in [2.05, 4.69) is 22.5 Å². The van der Waals surface area contributed by atoms with E-state index in [0.717, 1.165) is 37.2 Å². The van der Waals surface area contributed by atoms with E-state index in [1.165, 1.54) is 0 Å². The van der Waals surface area contributed by atoms with E-state index in [9.17, 15) is 9.59 Å². The number of benzene rings is 2. The lowest BCUT2D eigenvalue weighted by molar-refractivity contribution is 0.0942. The van der Waals surface area contributed by atoms with Crippen molar-refractivity contribution >= 4 is 23.2 Å². The molecule has 0 bridgehead atoms. The molecule has 2 N–H and O–H groups in total. The van der Waals surface area contributed by atoms with Crippen LogP contribution in [0.1, 0.15) is 59.9 Å². The Morgan fingerprint density at radius 1 is 1.00 bits per heavy atom. The van der Waals surface area contributed by atoms with Crippen LogP contribution in [0.3, 0.4) is 0 Å². The minimum Gasteiger partial charge on any atom is -0.371 e. The van der Waals surface area contributed by atoms with Crippen LogP contribution in [0.2, 0.25) is 0 Å². The Morgan fingerprint density at radius 2 is 1.66 bits per heavy atom. The Hall–Kier alpha value is -2.82. The second-order valence-corrected chi connectivity index (χ2v) is 8.35. The fourth-order valence-electron chi connectivity index (χ4n) is 3.57. The fraction of sp³-hybridized carbons (Fsp3) is 0.417. The number of piperidine rings is 1. The second-order valence-electron chi connectivity index (χ2n) is 8.35. The molecule has 2 aromatic carbocycles. The van der Waals surface area contributed by atoms with Gasteiger partial charge in [-0.15, -0.1) is 0 Å². The highest BCUT2D eigenvalue weighted by molar-refractivity contribution is 6.06. The average molecular weight is 394 g/mol. The molecule has 0 spiro atoms. The molecule has 2 aromatic rings. The molecule has 1 aliphatic rings. The van der Waals surface area contributed by atoms with Gasteiger partial charge in [0.1, 0.15) is 0 Å². The summed E-state index contributed by atoms with van der Waals surface area (Å²) in [5.41, 5.74) is 3.87. The highest BCUT2D eigenvalue weighted by Gasteiger charge is 2.22. The summed E-state index contributed by atoms with van der Waals surface area (Å²) < 4.78 is 0. The normalized spacial score (nSPS) is 14.7. The van der Waals surface area contributed by atoms with Gasteiger partial charge in [0, 0.05) is 36.1 Å². The van der Waals surface area contributed by atoms with Gasteiger partial charge in [0.05, 0.1) is 5.56 Å². The van der Waals surface area contributed by atoms with Crippen LogP contribution in [0.4, 0.5) is 11.4 Å². The zero-order valence-electron chi connectivity index (χ0n) is 17.8. The third kappa shape index (κ3) is 5.37. The summed E-state index contributed by atoms with van der Waals surface area (Å²) >= 11 is 0. The van der Waals surface area contributed by atoms with E-state index in [0.29, 0.717) is 22.7 Å². The van der Waals surface area contributed by atoms with Crippen molar-refractivity contribution in [2.45, 2.75) is 46.6 Å². The molecule has 3 rings (SSSR count). The molecule has 1 heterocycles. The number of amides is 2. The van der Waals surface area contributed by atoms with E-state index >= 15 is 0 Å². The van der Waals surface area contributed by atoms with Gasteiger partial charge in [-0.1, -0.05) is 24.6 Å². The molecule has 0 saturated carbocycles. The van der Waals surface area contributed by atoms with Crippen molar-refractivity contribution in [3.8, 4) is 0 Å². The summed E-state index contributed by atoms with van der Waals surface area (Å²) in [6, 6.07) is 13.1. The summed E-state index contributed by atoms with van der Waals surface area (Å²) in [6.07, 6.45) is 2.24. The van der Waals surface area contributed by atoms with Gasteiger partial charge < -0.3 is 15.5 Å². The first-order chi connectivity index (χ1) is 13.8. The third-order valence-electron chi connectivity index (χ3n) is 5.36. The first-order valence-electron chi connectivity index (χ1n) is 10.4. The molecule has 5 nitrogen and oxygen atoms in total. The van der Waals surface area contributed by atoms with E-state index in [4.69, 9.17) is 0 Å². The highest BCUT2D eigenvalue weighted by atomic mass is 16.2. The summed E-state index contributed by atoms with van der Waals surface area (Å²) in [5, 5.41) is 5.91. The largest absolute Gasteiger partial charge is 0.371 e. The van der Waals surface area contributed by atoms with E-state index in [1.54, 1.807) is 18.2 Å². The maximum atomic E-state index is 12.9. The van der Waals surface area contributed by atoms with Crippen molar-refractivity contribution in [1.82, 2.24) is 5.32 Å². The molecule has 1 saturated heterocycles. The summed E-state index contributed by atoms with van der Waals surface area (Å²) in [6.45, 7) is 10.0. The van der Waals surface area contributed by atoms with Crippen LogP contribution < -0.4 is 15.5 Å². The molecule has 29 heavy (non-hydrogen) atoms. The molecule has 1 aliphatic heterocycles. The van der Waals surface area contributed by atoms with Crippen LogP contribution in [0.5, 0.6) is 0 Å². The van der Waals surface area contributed by atoms with Gasteiger partial charge in [0.15, 0.2) is 0 Å². The number of carbonyl (C=O) groups is 2. The fourth-order valence-corrected chi connectivity index (χ4v) is 3.57. The lowest BCUT2D eigenvalue weighted by atomic mass is 9.97. The number of rotatable bonds is 5. The Labute approximate surface area is 173 Å². The predicted octanol–water partition coefficient (Wildman–Crippen LogP) is 4.62. The number of aryl methyl sites for hydroxylation is 1. The van der Waals surface area contributed by atoms with Gasteiger partial charge in [-0.25, -0.2) is 0 Å². The smallest absolute Gasteiger partial charge is 0.255 e. The third-order valence-corrected chi connectivity index (χ3v) is 5.36. The number of nitrogens with zero attached hydrogens (tertiary/aromatic N) is 1. The lowest BCUT2D eigenvalue weighted by Gasteiger charge is -2.33. The zero-order chi connectivity index (χ0) is 21.0. The Bertz CT molecular complexity index is 866. The van der Waals surface area contributed by atoms with Gasteiger partial charge in [-0.2, -0.15) is 0 Å². The maximum Gasteiger partial charge on any atom is 0.255 e. The van der Waals surface area contributed by atoms with E-state index in [-0.39, 0.29) is 17.9 Å². The average Bonchev–Trinajstić information content (AvgIpc) is 2.68. The van der Waals surface area contributed by atoms with Crippen LogP contribution >= 0.6 is 0 Å². The first kappa shape index (κ1) is 20.9. The summed E-state index contributed by atoms with van der Waals surface area (Å²) in [5.74, 6) is 0.423. The van der Waals surface area contributed by atoms with Gasteiger partial charge in [0.25, 0.3) is 11.8 Å². The Balaban J connectivity index is 1.86. The minimum atomic E-state index is -0.181. The van der Waals surface area contributed by atoms with Crippen molar-refractivity contribution in [3.05, 3.63) is 59.2 Å². The van der Waals surface area contributed by atoms with E-state index < -0.39 is 0 Å². The quantitative estimate of drug-likeness (QED) is 0.779. The molecule has 0 atom stereocenters. The van der Waals surface area contributed by atoms with Crippen molar-refractivity contribution in [3.63, 3.8) is 0 Å². The summed E-state index contributed by atoms with van der Waals surface area (Å²) in [4.78, 5) is 27.7. The van der Waals surface area contributed by atoms with Gasteiger partial charge >= 0.3 is 0 Å². The van der Waals surface area contributed by atoms with Crippen molar-refractivity contribution in [1.29, 1.82) is 0 Å². The van der Waals surface area contributed by atoms with Crippen LogP contribution in [-0.4, -0.2) is 30.9 Å². The molecule has 5 heteroatoms. The number of hydrogen-bond acceptors (Lipinski definition) is 3. The molecule has 0 unspecified atom stereocenters. The van der Waals surface area contributed by atoms with Crippen LogP contribution in [0.25, 0.3) is 0 Å². The SMILES string of the molecule is Cc1ccc(C(=O)Nc2ccc(N3CCC(C)CC3)c(C(=O)NC(C)C)c2)cc1. The number of carbonyl (C=O) groups excluding carboxylic acids is 2. The molecule has 0 aliphatic carbocycles. The molecular weight excluding hydrogens is 362 g/mol. The monoisotopic (exact) mass is 393 g/mol. The second kappa shape index (κ2) is 9.12. The number of anilines is 2. The molecule has 0 aromatic heterocycles. The summed E-state index contributed by atoms with van der Waals surface area (Å²) in [7, 11) is 0. The molecule has 1 fully saturated rings. The number of hydrogen-bond donors (Lipinski definition) is 2. The lowest BCUT2D eigenvalue weighted by Crippen LogP contribution is -2.36. The van der Waals surface area contributed by atoms with Crippen LogP contribution in [0.15, 0.2) is 42.5 Å². The standard InChI is InChI=1S/C24H31N3O2/c1-16(2)25-24(29)21-15-20(26-23(28)19-7-5-17(3)6-8-19)9-10-22(21)27-13-11-18(4)12-14-27/h5-10,15-16,18H,11-14H2,1-4H3,(H,25,29)(H,26,28). The van der Waals surface area contributed by atoms with E-state index in [1.807, 2.05) is 45.0 Å². The van der Waals surface area contributed by atoms with Gasteiger partial charge in [0.2, 0.25) is 0 Å². The number of nitrogens with one attached hydrogen (secondary N) is 2. The molecule has 154 valence electrons. The highest BCUT2D eigenvalue weighted by Crippen LogP contribution is 2.29. The van der Waals surface area contributed by atoms with Crippen molar-refractivity contribution in [2.24, 2.45) is 5.92 Å². The Morgan fingerprint density at radius 3 is 2.28 bits per heavy atom. The molecule has 0 radical (unpaired) electrons.